The second kappa shape index (κ2) is 8.49. The van der Waals surface area contributed by atoms with Crippen LogP contribution in [0.4, 0.5) is 17.3 Å². The van der Waals surface area contributed by atoms with Crippen LogP contribution >= 0.6 is 0 Å². The van der Waals surface area contributed by atoms with Gasteiger partial charge in [-0.2, -0.15) is 0 Å². The molecule has 1 fully saturated rings. The van der Waals surface area contributed by atoms with Crippen molar-refractivity contribution < 1.29 is 4.74 Å². The van der Waals surface area contributed by atoms with Crippen LogP contribution in [0, 0.1) is 0 Å². The molecule has 0 spiro atoms. The summed E-state index contributed by atoms with van der Waals surface area (Å²) in [6.07, 6.45) is 9.66. The highest BCUT2D eigenvalue weighted by molar-refractivity contribution is 5.95. The van der Waals surface area contributed by atoms with Crippen LogP contribution in [0.2, 0.25) is 0 Å². The number of fused-ring (bicyclic) bond motifs is 1. The number of ether oxygens (including phenoxy) is 1. The van der Waals surface area contributed by atoms with Gasteiger partial charge in [-0.15, -0.1) is 0 Å². The number of rotatable bonds is 6. The predicted molar refractivity (Wildman–Crippen MR) is 120 cm³/mol. The quantitative estimate of drug-likeness (QED) is 0.438. The van der Waals surface area contributed by atoms with Crippen LogP contribution in [0.15, 0.2) is 55.2 Å². The van der Waals surface area contributed by atoms with Crippen LogP contribution in [-0.2, 0) is 0 Å². The van der Waals surface area contributed by atoms with Gasteiger partial charge in [-0.25, -0.2) is 15.0 Å². The van der Waals surface area contributed by atoms with Gasteiger partial charge in [0.15, 0.2) is 5.82 Å². The average molecular weight is 414 g/mol. The molecule has 0 unspecified atom stereocenters. The van der Waals surface area contributed by atoms with E-state index < -0.39 is 0 Å². The van der Waals surface area contributed by atoms with E-state index in [1.54, 1.807) is 38.1 Å². The molecule has 0 amide bonds. The van der Waals surface area contributed by atoms with Crippen molar-refractivity contribution in [2.75, 3.05) is 30.8 Å². The summed E-state index contributed by atoms with van der Waals surface area (Å²) in [7, 11) is 1.63. The van der Waals surface area contributed by atoms with Crippen LogP contribution in [0.3, 0.4) is 0 Å². The van der Waals surface area contributed by atoms with E-state index >= 15 is 0 Å². The fraction of sp³-hybridized carbons (Fsp3) is 0.227. The maximum atomic E-state index is 5.54. The molecule has 1 saturated heterocycles. The third-order valence-corrected chi connectivity index (χ3v) is 5.15. The van der Waals surface area contributed by atoms with E-state index in [4.69, 9.17) is 14.7 Å². The Bertz CT molecular complexity index is 1190. The van der Waals surface area contributed by atoms with Crippen molar-refractivity contribution in [1.82, 2.24) is 30.2 Å². The Morgan fingerprint density at radius 1 is 1.10 bits per heavy atom. The minimum absolute atomic E-state index is 0.295. The standard InChI is InChI=1S/C22H22N8O/c1-31-18-13-25-12-17-20(18)22(28-16-5-7-24-11-16)30-21(29-17)14-4-8-26-19(9-14)27-15-3-2-6-23-10-15/h2-4,6,8-10,12-13,16,24H,5,7,11H2,1H3,(H,26,27)(H,28,29,30)/t16-/m1/s1. The van der Waals surface area contributed by atoms with Crippen molar-refractivity contribution in [1.29, 1.82) is 0 Å². The van der Waals surface area contributed by atoms with Gasteiger partial charge in [-0.3, -0.25) is 9.97 Å². The van der Waals surface area contributed by atoms with Gasteiger partial charge in [0.05, 0.1) is 42.3 Å². The molecule has 1 aliphatic heterocycles. The molecule has 0 bridgehead atoms. The van der Waals surface area contributed by atoms with Crippen LogP contribution in [0.25, 0.3) is 22.3 Å². The molecule has 9 heteroatoms. The first-order valence-electron chi connectivity index (χ1n) is 10.1. The van der Waals surface area contributed by atoms with E-state index in [9.17, 15) is 0 Å². The minimum atomic E-state index is 0.295. The summed E-state index contributed by atoms with van der Waals surface area (Å²) >= 11 is 0. The molecule has 5 rings (SSSR count). The Kier molecular flexibility index (Phi) is 5.24. The maximum absolute atomic E-state index is 5.54. The Morgan fingerprint density at radius 2 is 2.06 bits per heavy atom. The molecule has 9 nitrogen and oxygen atoms in total. The Morgan fingerprint density at radius 3 is 2.87 bits per heavy atom. The number of aromatic nitrogens is 5. The van der Waals surface area contributed by atoms with E-state index in [1.807, 2.05) is 24.3 Å². The first kappa shape index (κ1) is 19.1. The number of methoxy groups -OCH3 is 1. The number of hydrogen-bond acceptors (Lipinski definition) is 9. The molecule has 5 heterocycles. The molecule has 1 atom stereocenters. The first-order chi connectivity index (χ1) is 15.3. The highest BCUT2D eigenvalue weighted by Crippen LogP contribution is 2.32. The van der Waals surface area contributed by atoms with Gasteiger partial charge in [0, 0.05) is 30.5 Å². The summed E-state index contributed by atoms with van der Waals surface area (Å²) in [5.41, 5.74) is 2.42. The zero-order valence-electron chi connectivity index (χ0n) is 17.0. The van der Waals surface area contributed by atoms with Crippen LogP contribution < -0.4 is 20.7 Å². The first-order valence-corrected chi connectivity index (χ1v) is 10.1. The second-order valence-corrected chi connectivity index (χ2v) is 7.26. The molecule has 3 N–H and O–H groups in total. The lowest BCUT2D eigenvalue weighted by Gasteiger charge is -2.16. The molecule has 156 valence electrons. The Labute approximate surface area is 179 Å². The van der Waals surface area contributed by atoms with Gasteiger partial charge >= 0.3 is 0 Å². The third kappa shape index (κ3) is 4.08. The lowest BCUT2D eigenvalue weighted by Crippen LogP contribution is -2.23. The zero-order chi connectivity index (χ0) is 21.0. The third-order valence-electron chi connectivity index (χ3n) is 5.15. The van der Waals surface area contributed by atoms with Gasteiger partial charge in [-0.1, -0.05) is 0 Å². The number of nitrogens with one attached hydrogen (secondary N) is 3. The molecular formula is C22H22N8O. The van der Waals surface area contributed by atoms with Crippen molar-refractivity contribution in [2.45, 2.75) is 12.5 Å². The van der Waals surface area contributed by atoms with Gasteiger partial charge in [0.25, 0.3) is 0 Å². The molecule has 31 heavy (non-hydrogen) atoms. The van der Waals surface area contributed by atoms with E-state index in [-0.39, 0.29) is 0 Å². The normalized spacial score (nSPS) is 15.7. The predicted octanol–water partition coefficient (Wildman–Crippen LogP) is 3.01. The van der Waals surface area contributed by atoms with E-state index in [1.165, 1.54) is 0 Å². The SMILES string of the molecule is COc1cncc2nc(-c3ccnc(Nc4cccnc4)c3)nc(N[C@@H]3CCNC3)c12. The molecular weight excluding hydrogens is 392 g/mol. The number of nitrogens with zero attached hydrogens (tertiary/aromatic N) is 5. The lowest BCUT2D eigenvalue weighted by molar-refractivity contribution is 0.418. The molecule has 1 aliphatic rings. The maximum Gasteiger partial charge on any atom is 0.162 e. The van der Waals surface area contributed by atoms with Crippen molar-refractivity contribution in [3.63, 3.8) is 0 Å². The zero-order valence-corrected chi connectivity index (χ0v) is 17.0. The Balaban J connectivity index is 1.56. The van der Waals surface area contributed by atoms with Gasteiger partial charge in [0.1, 0.15) is 17.4 Å². The average Bonchev–Trinajstić information content (AvgIpc) is 3.32. The van der Waals surface area contributed by atoms with E-state index in [0.717, 1.165) is 47.5 Å². The molecule has 4 aromatic heterocycles. The van der Waals surface area contributed by atoms with E-state index in [2.05, 4.69) is 30.9 Å². The molecule has 0 saturated carbocycles. The van der Waals surface area contributed by atoms with Gasteiger partial charge in [0.2, 0.25) is 0 Å². The van der Waals surface area contributed by atoms with Crippen molar-refractivity contribution >= 4 is 28.2 Å². The van der Waals surface area contributed by atoms with Crippen LogP contribution in [-0.4, -0.2) is 51.2 Å². The summed E-state index contributed by atoms with van der Waals surface area (Å²) < 4.78 is 5.54. The monoisotopic (exact) mass is 414 g/mol. The fourth-order valence-electron chi connectivity index (χ4n) is 3.64. The topological polar surface area (TPSA) is 110 Å². The van der Waals surface area contributed by atoms with Crippen molar-refractivity contribution in [3.8, 4) is 17.1 Å². The largest absolute Gasteiger partial charge is 0.494 e. The Hall–Kier alpha value is -3.85. The highest BCUT2D eigenvalue weighted by Gasteiger charge is 2.19. The summed E-state index contributed by atoms with van der Waals surface area (Å²) in [6.45, 7) is 1.88. The summed E-state index contributed by atoms with van der Waals surface area (Å²) in [5, 5.41) is 11.0. The second-order valence-electron chi connectivity index (χ2n) is 7.26. The number of pyridine rings is 3. The van der Waals surface area contributed by atoms with Crippen LogP contribution in [0.1, 0.15) is 6.42 Å². The molecule has 0 aliphatic carbocycles. The van der Waals surface area contributed by atoms with Crippen molar-refractivity contribution in [2.24, 2.45) is 0 Å². The molecule has 4 aromatic rings. The molecule has 0 aromatic carbocycles. The van der Waals surface area contributed by atoms with Gasteiger partial charge in [-0.05, 0) is 37.2 Å². The van der Waals surface area contributed by atoms with Crippen molar-refractivity contribution in [3.05, 3.63) is 55.2 Å². The number of anilines is 3. The molecule has 0 radical (unpaired) electrons. The summed E-state index contributed by atoms with van der Waals surface area (Å²) in [4.78, 5) is 22.4. The summed E-state index contributed by atoms with van der Waals surface area (Å²) in [6, 6.07) is 7.91. The van der Waals surface area contributed by atoms with E-state index in [0.29, 0.717) is 23.4 Å². The lowest BCUT2D eigenvalue weighted by atomic mass is 10.2. The highest BCUT2D eigenvalue weighted by atomic mass is 16.5. The minimum Gasteiger partial charge on any atom is -0.494 e. The number of hydrogen-bond donors (Lipinski definition) is 3. The fourth-order valence-corrected chi connectivity index (χ4v) is 3.64. The smallest absolute Gasteiger partial charge is 0.162 e. The van der Waals surface area contributed by atoms with Gasteiger partial charge < -0.3 is 20.7 Å². The van der Waals surface area contributed by atoms with Crippen LogP contribution in [0.5, 0.6) is 5.75 Å². The summed E-state index contributed by atoms with van der Waals surface area (Å²) in [5.74, 6) is 2.66.